The van der Waals surface area contributed by atoms with Crippen LogP contribution in [-0.2, 0) is 12.7 Å². The third-order valence-corrected chi connectivity index (χ3v) is 4.49. The summed E-state index contributed by atoms with van der Waals surface area (Å²) in [7, 11) is 0. The third-order valence-electron chi connectivity index (χ3n) is 4.49. The number of hydrogen-bond donors (Lipinski definition) is 2. The zero-order valence-corrected chi connectivity index (χ0v) is 20.6. The number of unbranched alkanes of at least 4 members (excludes halogenated alkanes) is 14. The summed E-state index contributed by atoms with van der Waals surface area (Å²) >= 11 is 0.700. The Morgan fingerprint density at radius 2 is 0.714 bits per heavy atom. The van der Waals surface area contributed by atoms with E-state index in [9.17, 15) is 9.59 Å². The number of carbonyl (C=O) groups is 2. The van der Waals surface area contributed by atoms with Gasteiger partial charge in [0.05, 0.1) is 0 Å². The van der Waals surface area contributed by atoms with Gasteiger partial charge >= 0.3 is 37.3 Å². The van der Waals surface area contributed by atoms with Crippen molar-refractivity contribution in [1.29, 1.82) is 0 Å². The average molecular weight is 516 g/mol. The van der Waals surface area contributed by atoms with Crippen LogP contribution in [0, 0.1) is 0 Å². The molecule has 0 fully saturated rings. The Morgan fingerprint density at radius 1 is 0.500 bits per heavy atom. The quantitative estimate of drug-likeness (QED) is 0.156. The Kier molecular flexibility index (Phi) is 35.9. The van der Waals surface area contributed by atoms with Crippen LogP contribution in [0.3, 0.4) is 0 Å². The van der Waals surface area contributed by atoms with Crippen LogP contribution in [0.4, 0.5) is 0 Å². The Labute approximate surface area is 186 Å². The number of hydrogen-bond acceptors (Lipinski definition) is 3. The maximum absolute atomic E-state index is 10.2. The number of aliphatic carboxylic acids is 2. The van der Waals surface area contributed by atoms with Gasteiger partial charge in [0.2, 0.25) is 0 Å². The second-order valence-electron chi connectivity index (χ2n) is 7.24. The van der Waals surface area contributed by atoms with Gasteiger partial charge in [0.15, 0.2) is 0 Å². The Bertz CT molecular complexity index is 294. The van der Waals surface area contributed by atoms with Crippen molar-refractivity contribution in [1.82, 2.24) is 0 Å². The fourth-order valence-corrected chi connectivity index (χ4v) is 2.82. The molecule has 28 heavy (non-hydrogen) atoms. The molecule has 0 unspecified atom stereocenters. The van der Waals surface area contributed by atoms with Gasteiger partial charge in [0, 0.05) is 12.8 Å². The van der Waals surface area contributed by atoms with Crippen LogP contribution in [-0.4, -0.2) is 44.4 Å². The van der Waals surface area contributed by atoms with Gasteiger partial charge in [-0.3, -0.25) is 9.59 Å². The van der Waals surface area contributed by atoms with E-state index in [0.29, 0.717) is 35.1 Å². The fraction of sp³-hybridized carbons (Fsp3) is 0.909. The SMILES string of the molecule is CCCCCCCCCCC(=O)O.CCCCCCCCCCC(=O)O.O=[Te]. The van der Waals surface area contributed by atoms with Gasteiger partial charge in [-0.05, 0) is 12.8 Å². The average Bonchev–Trinajstić information content (AvgIpc) is 2.68. The summed E-state index contributed by atoms with van der Waals surface area (Å²) in [5, 5.41) is 16.8. The van der Waals surface area contributed by atoms with Crippen LogP contribution in [0.25, 0.3) is 0 Å². The van der Waals surface area contributed by atoms with Gasteiger partial charge in [-0.25, -0.2) is 0 Å². The normalized spacial score (nSPS) is 9.64. The van der Waals surface area contributed by atoms with E-state index < -0.39 is 11.9 Å². The van der Waals surface area contributed by atoms with E-state index in [1.165, 1.54) is 77.0 Å². The first-order valence-electron chi connectivity index (χ1n) is 11.1. The Morgan fingerprint density at radius 3 is 0.929 bits per heavy atom. The monoisotopic (exact) mass is 518 g/mol. The second-order valence-corrected chi connectivity index (χ2v) is 7.24. The summed E-state index contributed by atoms with van der Waals surface area (Å²) in [5.41, 5.74) is 0. The molecule has 0 aromatic heterocycles. The number of carboxylic acids is 2. The maximum atomic E-state index is 10.2. The van der Waals surface area contributed by atoms with Crippen LogP contribution in [0.5, 0.6) is 0 Å². The van der Waals surface area contributed by atoms with Crippen molar-refractivity contribution in [3.63, 3.8) is 0 Å². The van der Waals surface area contributed by atoms with Crippen LogP contribution >= 0.6 is 0 Å². The molecular weight excluding hydrogens is 472 g/mol. The molecular formula is C22H44O5Te. The van der Waals surface area contributed by atoms with E-state index in [1.54, 1.807) is 0 Å². The summed E-state index contributed by atoms with van der Waals surface area (Å²) in [6.07, 6.45) is 20.1. The van der Waals surface area contributed by atoms with Crippen LogP contribution in [0.1, 0.15) is 129 Å². The van der Waals surface area contributed by atoms with E-state index in [4.69, 9.17) is 13.3 Å². The van der Waals surface area contributed by atoms with Crippen molar-refractivity contribution >= 4 is 34.2 Å². The summed E-state index contributed by atoms with van der Waals surface area (Å²) in [6, 6.07) is 0. The molecule has 168 valence electrons. The van der Waals surface area contributed by atoms with E-state index in [-0.39, 0.29) is 0 Å². The van der Waals surface area contributed by atoms with Gasteiger partial charge in [0.25, 0.3) is 0 Å². The summed E-state index contributed by atoms with van der Waals surface area (Å²) in [5.74, 6) is -1.32. The van der Waals surface area contributed by atoms with E-state index in [1.807, 2.05) is 0 Å². The molecule has 0 aromatic carbocycles. The second kappa shape index (κ2) is 31.2. The molecule has 0 aliphatic rings. The fourth-order valence-electron chi connectivity index (χ4n) is 2.82. The first kappa shape index (κ1) is 32.2. The molecule has 0 saturated carbocycles. The van der Waals surface area contributed by atoms with Crippen molar-refractivity contribution in [2.75, 3.05) is 0 Å². The molecule has 0 atom stereocenters. The zero-order chi connectivity index (χ0) is 21.9. The minimum absolute atomic E-state index is 0.342. The molecule has 0 radical (unpaired) electrons. The van der Waals surface area contributed by atoms with Crippen LogP contribution < -0.4 is 0 Å². The topological polar surface area (TPSA) is 91.7 Å². The molecule has 6 heteroatoms. The molecule has 0 saturated heterocycles. The summed E-state index contributed by atoms with van der Waals surface area (Å²) in [6.45, 7) is 4.43. The molecule has 2 N–H and O–H groups in total. The van der Waals surface area contributed by atoms with Crippen molar-refractivity contribution in [3.8, 4) is 0 Å². The zero-order valence-electron chi connectivity index (χ0n) is 18.3. The molecule has 0 bridgehead atoms. The minimum atomic E-state index is -0.661. The van der Waals surface area contributed by atoms with Crippen molar-refractivity contribution in [3.05, 3.63) is 0 Å². The Balaban J connectivity index is -0.000000410. The molecule has 5 nitrogen and oxygen atoms in total. The predicted molar refractivity (Wildman–Crippen MR) is 116 cm³/mol. The molecule has 0 amide bonds. The van der Waals surface area contributed by atoms with E-state index in [2.05, 4.69) is 13.8 Å². The van der Waals surface area contributed by atoms with E-state index >= 15 is 0 Å². The molecule has 0 aliphatic heterocycles. The molecule has 0 aliphatic carbocycles. The van der Waals surface area contributed by atoms with Gasteiger partial charge in [0.1, 0.15) is 0 Å². The van der Waals surface area contributed by atoms with Gasteiger partial charge < -0.3 is 10.2 Å². The molecule has 0 aromatic rings. The standard InChI is InChI=1S/2C11H22O2.OTe/c2*1-2-3-4-5-6-7-8-9-10-11(12)13;1-2/h2*2-10H2,1H3,(H,12,13);. The Hall–Kier alpha value is -0.470. The first-order chi connectivity index (χ1) is 13.5. The van der Waals surface area contributed by atoms with Crippen LogP contribution in [0.2, 0.25) is 0 Å². The summed E-state index contributed by atoms with van der Waals surface area (Å²) < 4.78 is 8.26. The van der Waals surface area contributed by atoms with Crippen LogP contribution in [0.15, 0.2) is 0 Å². The third kappa shape index (κ3) is 40.3. The molecule has 0 heterocycles. The summed E-state index contributed by atoms with van der Waals surface area (Å²) in [4.78, 5) is 20.3. The van der Waals surface area contributed by atoms with Crippen molar-refractivity contribution in [2.45, 2.75) is 129 Å². The van der Waals surface area contributed by atoms with Gasteiger partial charge in [-0.2, -0.15) is 0 Å². The molecule has 0 rings (SSSR count). The van der Waals surface area contributed by atoms with Gasteiger partial charge in [-0.15, -0.1) is 0 Å². The number of rotatable bonds is 18. The van der Waals surface area contributed by atoms with Gasteiger partial charge in [-0.1, -0.05) is 104 Å². The van der Waals surface area contributed by atoms with Crippen molar-refractivity contribution < 1.29 is 22.9 Å². The van der Waals surface area contributed by atoms with E-state index in [0.717, 1.165) is 25.7 Å². The number of carboxylic acid groups (broad SMARTS) is 2. The predicted octanol–water partition coefficient (Wildman–Crippen LogP) is 6.70. The first-order valence-corrected chi connectivity index (χ1v) is 12.1. The molecule has 0 spiro atoms. The van der Waals surface area contributed by atoms with Crippen molar-refractivity contribution in [2.24, 2.45) is 0 Å².